The van der Waals surface area contributed by atoms with E-state index in [-0.39, 0.29) is 5.57 Å². The van der Waals surface area contributed by atoms with Gasteiger partial charge in [0, 0.05) is 0 Å². The molecule has 0 aromatic carbocycles. The maximum Gasteiger partial charge on any atom is 0.187 e. The summed E-state index contributed by atoms with van der Waals surface area (Å²) in [5.74, 6) is 0. The van der Waals surface area contributed by atoms with Gasteiger partial charge in [-0.05, 0) is 12.5 Å². The van der Waals surface area contributed by atoms with Crippen LogP contribution in [0, 0.1) is 0 Å². The maximum atomic E-state index is 10.9. The standard InChI is InChI=1S/C25H43NO18/c1-6-11(14(32)19(37)24(40-6)44-22-10(5-29)41-23(39)18(36)17(22)35)26-8-2-7(3-27)21(16(34)12(8)30)43-25-20(38)15(33)13(31)9(4-28)42-25/h2,6,8-39H,3-5H2,1H3. The van der Waals surface area contributed by atoms with E-state index in [0.717, 1.165) is 0 Å². The second-order valence-electron chi connectivity index (χ2n) is 11.4. The lowest BCUT2D eigenvalue weighted by atomic mass is 9.86. The molecular weight excluding hydrogens is 602 g/mol. The largest absolute Gasteiger partial charge is 0.394 e. The summed E-state index contributed by atoms with van der Waals surface area (Å²) in [5, 5.41) is 136. The third kappa shape index (κ3) is 6.96. The minimum atomic E-state index is -1.82. The summed E-state index contributed by atoms with van der Waals surface area (Å²) in [7, 11) is 0. The Morgan fingerprint density at radius 3 is 1.86 bits per heavy atom. The molecular formula is C25H43NO18. The van der Waals surface area contributed by atoms with Gasteiger partial charge in [0.15, 0.2) is 18.9 Å². The van der Waals surface area contributed by atoms with Crippen LogP contribution in [0.3, 0.4) is 0 Å². The summed E-state index contributed by atoms with van der Waals surface area (Å²) < 4.78 is 27.1. The quantitative estimate of drug-likeness (QED) is 0.103. The van der Waals surface area contributed by atoms with Gasteiger partial charge in [-0.15, -0.1) is 0 Å². The minimum absolute atomic E-state index is 0.0139. The molecule has 3 heterocycles. The number of nitrogens with one attached hydrogen (secondary N) is 1. The molecule has 19 heteroatoms. The third-order valence-electron chi connectivity index (χ3n) is 8.47. The van der Waals surface area contributed by atoms with E-state index < -0.39 is 136 Å². The van der Waals surface area contributed by atoms with Crippen LogP contribution in [0.15, 0.2) is 11.6 Å². The summed E-state index contributed by atoms with van der Waals surface area (Å²) in [5.41, 5.74) is -0.0139. The summed E-state index contributed by atoms with van der Waals surface area (Å²) >= 11 is 0. The Morgan fingerprint density at radius 1 is 0.636 bits per heavy atom. The Morgan fingerprint density at radius 2 is 1.25 bits per heavy atom. The van der Waals surface area contributed by atoms with Gasteiger partial charge >= 0.3 is 0 Å². The minimum Gasteiger partial charge on any atom is -0.394 e. The van der Waals surface area contributed by atoms with Crippen LogP contribution in [0.4, 0.5) is 0 Å². The van der Waals surface area contributed by atoms with Crippen LogP contribution in [-0.4, -0.2) is 203 Å². The Balaban J connectivity index is 1.44. The highest BCUT2D eigenvalue weighted by molar-refractivity contribution is 5.23. The van der Waals surface area contributed by atoms with E-state index in [4.69, 9.17) is 23.7 Å². The van der Waals surface area contributed by atoms with E-state index in [1.807, 2.05) is 0 Å². The average Bonchev–Trinajstić information content (AvgIpc) is 3.00. The van der Waals surface area contributed by atoms with Crippen molar-refractivity contribution in [2.24, 2.45) is 0 Å². The Kier molecular flexibility index (Phi) is 12.1. The molecule has 19 atom stereocenters. The number of rotatable bonds is 9. The fourth-order valence-electron chi connectivity index (χ4n) is 5.80. The second kappa shape index (κ2) is 14.8. The smallest absolute Gasteiger partial charge is 0.187 e. The third-order valence-corrected chi connectivity index (χ3v) is 8.47. The van der Waals surface area contributed by atoms with E-state index in [0.29, 0.717) is 0 Å². The molecule has 0 aromatic heterocycles. The van der Waals surface area contributed by atoms with Crippen LogP contribution >= 0.6 is 0 Å². The van der Waals surface area contributed by atoms with E-state index in [2.05, 4.69) is 5.32 Å². The van der Waals surface area contributed by atoms with E-state index in [1.54, 1.807) is 0 Å². The zero-order valence-electron chi connectivity index (χ0n) is 23.5. The molecule has 4 rings (SSSR count). The van der Waals surface area contributed by atoms with E-state index >= 15 is 0 Å². The molecule has 256 valence electrons. The fraction of sp³-hybridized carbons (Fsp3) is 0.920. The first-order valence-corrected chi connectivity index (χ1v) is 14.1. The predicted octanol–water partition coefficient (Wildman–Crippen LogP) is -8.56. The number of aliphatic hydroxyl groups is 13. The van der Waals surface area contributed by atoms with Crippen LogP contribution in [0.2, 0.25) is 0 Å². The highest BCUT2D eigenvalue weighted by atomic mass is 16.7. The predicted molar refractivity (Wildman–Crippen MR) is 138 cm³/mol. The van der Waals surface area contributed by atoms with Crippen molar-refractivity contribution in [1.82, 2.24) is 5.32 Å². The number of hydrogen-bond donors (Lipinski definition) is 14. The normalized spacial score (nSPS) is 52.0. The molecule has 3 fully saturated rings. The van der Waals surface area contributed by atoms with Crippen molar-refractivity contribution in [3.8, 4) is 0 Å². The molecule has 0 aromatic rings. The molecule has 0 radical (unpaired) electrons. The first kappa shape index (κ1) is 35.8. The van der Waals surface area contributed by atoms with Gasteiger partial charge in [0.25, 0.3) is 0 Å². The van der Waals surface area contributed by atoms with E-state index in [9.17, 15) is 66.4 Å². The molecule has 0 spiro atoms. The van der Waals surface area contributed by atoms with Crippen molar-refractivity contribution >= 4 is 0 Å². The topological polar surface area (TPSA) is 321 Å². The molecule has 4 aliphatic rings. The van der Waals surface area contributed by atoms with Gasteiger partial charge in [0.2, 0.25) is 0 Å². The molecule has 0 amide bonds. The average molecular weight is 646 g/mol. The van der Waals surface area contributed by atoms with Crippen molar-refractivity contribution in [2.75, 3.05) is 19.8 Å². The van der Waals surface area contributed by atoms with Crippen LogP contribution in [0.25, 0.3) is 0 Å². The van der Waals surface area contributed by atoms with Gasteiger partial charge < -0.3 is 95.4 Å². The van der Waals surface area contributed by atoms with Crippen LogP contribution in [-0.2, 0) is 23.7 Å². The van der Waals surface area contributed by atoms with Crippen molar-refractivity contribution in [1.29, 1.82) is 0 Å². The number of hydrogen-bond acceptors (Lipinski definition) is 19. The van der Waals surface area contributed by atoms with Gasteiger partial charge in [-0.25, -0.2) is 0 Å². The summed E-state index contributed by atoms with van der Waals surface area (Å²) in [6.07, 6.45) is -26.2. The Labute approximate surface area is 250 Å². The van der Waals surface area contributed by atoms with Crippen LogP contribution < -0.4 is 5.32 Å². The lowest BCUT2D eigenvalue weighted by Crippen LogP contribution is -2.68. The lowest BCUT2D eigenvalue weighted by molar-refractivity contribution is -0.345. The highest BCUT2D eigenvalue weighted by Crippen LogP contribution is 2.32. The number of aliphatic hydroxyl groups excluding tert-OH is 13. The maximum absolute atomic E-state index is 10.9. The fourth-order valence-corrected chi connectivity index (χ4v) is 5.80. The van der Waals surface area contributed by atoms with Crippen LogP contribution in [0.5, 0.6) is 0 Å². The molecule has 14 N–H and O–H groups in total. The Bertz CT molecular complexity index is 958. The summed E-state index contributed by atoms with van der Waals surface area (Å²) in [4.78, 5) is 0. The molecule has 0 bridgehead atoms. The van der Waals surface area contributed by atoms with Gasteiger partial charge in [-0.1, -0.05) is 6.08 Å². The molecule has 19 unspecified atom stereocenters. The zero-order valence-corrected chi connectivity index (χ0v) is 23.5. The zero-order chi connectivity index (χ0) is 32.6. The monoisotopic (exact) mass is 645 g/mol. The van der Waals surface area contributed by atoms with Crippen molar-refractivity contribution in [3.05, 3.63) is 11.6 Å². The van der Waals surface area contributed by atoms with Crippen molar-refractivity contribution in [3.63, 3.8) is 0 Å². The van der Waals surface area contributed by atoms with Crippen molar-refractivity contribution < 1.29 is 90.1 Å². The molecule has 3 saturated heterocycles. The van der Waals surface area contributed by atoms with Crippen LogP contribution in [0.1, 0.15) is 6.92 Å². The first-order chi connectivity index (χ1) is 20.7. The number of ether oxygens (including phenoxy) is 5. The van der Waals surface area contributed by atoms with Crippen molar-refractivity contribution in [2.45, 2.75) is 123 Å². The molecule has 0 saturated carbocycles. The molecule has 44 heavy (non-hydrogen) atoms. The molecule has 1 aliphatic carbocycles. The summed E-state index contributed by atoms with van der Waals surface area (Å²) in [6, 6.07) is -2.31. The SMILES string of the molecule is CC1OC(OC2C(CO)OC(O)C(O)C2O)C(O)C(O)C1NC1C=C(CO)C(OC2OC(CO)C(O)C(O)C2O)C(O)C1O. The highest BCUT2D eigenvalue weighted by Gasteiger charge is 2.52. The second-order valence-corrected chi connectivity index (χ2v) is 11.4. The molecule has 19 nitrogen and oxygen atoms in total. The lowest BCUT2D eigenvalue weighted by Gasteiger charge is -2.47. The molecule has 3 aliphatic heterocycles. The van der Waals surface area contributed by atoms with Gasteiger partial charge in [0.1, 0.15) is 79.4 Å². The Hall–Kier alpha value is -1.02. The first-order valence-electron chi connectivity index (χ1n) is 14.1. The van der Waals surface area contributed by atoms with Gasteiger partial charge in [-0.3, -0.25) is 0 Å². The van der Waals surface area contributed by atoms with Gasteiger partial charge in [0.05, 0.1) is 38.0 Å². The summed E-state index contributed by atoms with van der Waals surface area (Å²) in [6.45, 7) is -0.731. The van der Waals surface area contributed by atoms with Gasteiger partial charge in [-0.2, -0.15) is 0 Å². The van der Waals surface area contributed by atoms with E-state index in [1.165, 1.54) is 13.0 Å².